The molecule has 1 aliphatic heterocycles. The van der Waals surface area contributed by atoms with E-state index in [4.69, 9.17) is 25.8 Å². The molecule has 1 saturated carbocycles. The molecule has 2 aliphatic rings. The number of hydrogen-bond acceptors (Lipinski definition) is 9. The fraction of sp³-hybridized carbons (Fsp3) is 0.630. The van der Waals surface area contributed by atoms with Crippen molar-refractivity contribution < 1.29 is 19.4 Å². The lowest BCUT2D eigenvalue weighted by Crippen LogP contribution is -2.43. The van der Waals surface area contributed by atoms with Crippen LogP contribution in [0, 0.1) is 22.7 Å². The molecule has 4 rings (SSSR count). The van der Waals surface area contributed by atoms with Gasteiger partial charge >= 0.3 is 0 Å². The Morgan fingerprint density at radius 3 is 2.70 bits per heavy atom. The largest absolute Gasteiger partial charge is 0.475 e. The molecule has 2 aromatic rings. The number of hydroxylamine groups is 2. The van der Waals surface area contributed by atoms with E-state index >= 15 is 0 Å². The summed E-state index contributed by atoms with van der Waals surface area (Å²) in [5.41, 5.74) is 1.76. The number of halogens is 1. The van der Waals surface area contributed by atoms with Crippen molar-refractivity contribution in [3.63, 3.8) is 0 Å². The van der Waals surface area contributed by atoms with E-state index in [1.807, 2.05) is 13.0 Å². The average Bonchev–Trinajstić information content (AvgIpc) is 2.94. The second kappa shape index (κ2) is 12.9. The van der Waals surface area contributed by atoms with Crippen LogP contribution in [-0.4, -0.2) is 70.8 Å². The molecule has 0 unspecified atom stereocenters. The first-order valence-electron chi connectivity index (χ1n) is 13.0. The summed E-state index contributed by atoms with van der Waals surface area (Å²) < 4.78 is 16.5. The maximum Gasteiger partial charge on any atom is 0.232 e. The zero-order chi connectivity index (χ0) is 26.3. The second-order valence-electron chi connectivity index (χ2n) is 10.3. The highest BCUT2D eigenvalue weighted by Crippen LogP contribution is 2.33. The predicted octanol–water partition coefficient (Wildman–Crippen LogP) is 4.72. The van der Waals surface area contributed by atoms with Gasteiger partial charge in [-0.1, -0.05) is 11.6 Å². The van der Waals surface area contributed by atoms with Crippen molar-refractivity contribution in [3.05, 3.63) is 35.4 Å². The minimum Gasteiger partial charge on any atom is -0.475 e. The van der Waals surface area contributed by atoms with Gasteiger partial charge in [0, 0.05) is 43.8 Å². The van der Waals surface area contributed by atoms with E-state index in [1.165, 1.54) is 5.06 Å². The van der Waals surface area contributed by atoms with Crippen LogP contribution in [0.25, 0.3) is 11.3 Å². The molecule has 0 spiro atoms. The van der Waals surface area contributed by atoms with Crippen molar-refractivity contribution >= 4 is 11.6 Å². The van der Waals surface area contributed by atoms with Gasteiger partial charge in [-0.05, 0) is 63.9 Å². The minimum absolute atomic E-state index is 0.0185. The van der Waals surface area contributed by atoms with Gasteiger partial charge in [0.05, 0.1) is 47.2 Å². The van der Waals surface area contributed by atoms with Crippen molar-refractivity contribution in [2.24, 2.45) is 11.3 Å². The third-order valence-electron chi connectivity index (χ3n) is 7.53. The molecule has 0 bridgehead atoms. The van der Waals surface area contributed by atoms with Gasteiger partial charge in [0.15, 0.2) is 0 Å². The Morgan fingerprint density at radius 1 is 1.24 bits per heavy atom. The Morgan fingerprint density at radius 2 is 2.00 bits per heavy atom. The van der Waals surface area contributed by atoms with Crippen molar-refractivity contribution in [3.8, 4) is 23.2 Å². The number of methoxy groups -OCH3 is 1. The van der Waals surface area contributed by atoms with Crippen LogP contribution < -0.4 is 4.74 Å². The van der Waals surface area contributed by atoms with Crippen molar-refractivity contribution in [2.75, 3.05) is 33.5 Å². The number of ether oxygens (including phenoxy) is 3. The van der Waals surface area contributed by atoms with Gasteiger partial charge in [-0.2, -0.15) is 10.3 Å². The first-order valence-corrected chi connectivity index (χ1v) is 13.4. The molecule has 37 heavy (non-hydrogen) atoms. The highest BCUT2D eigenvalue weighted by atomic mass is 35.5. The molecule has 3 heterocycles. The van der Waals surface area contributed by atoms with Gasteiger partial charge < -0.3 is 19.4 Å². The Labute approximate surface area is 223 Å². The smallest absolute Gasteiger partial charge is 0.232 e. The van der Waals surface area contributed by atoms with Crippen LogP contribution in [0.3, 0.4) is 0 Å². The van der Waals surface area contributed by atoms with Crippen molar-refractivity contribution in [1.29, 1.82) is 5.26 Å². The maximum absolute atomic E-state index is 10.5. The lowest BCUT2D eigenvalue weighted by atomic mass is 9.83. The standard InChI is InChI=1S/C27H36ClN5O4/c1-19(16-35-2)33(34)22-5-3-20(4-6-22)11-21-12-23(24(28)13-31-21)25-14-30-15-26(32-25)37-18-27(17-29)7-9-36-10-8-27/h12-15,19-20,22,34H,3-11,16,18H2,1-2H3/t19-,20?,22?/m1/s1. The zero-order valence-corrected chi connectivity index (χ0v) is 22.4. The Bertz CT molecular complexity index is 1070. The summed E-state index contributed by atoms with van der Waals surface area (Å²) in [5, 5.41) is 22.1. The summed E-state index contributed by atoms with van der Waals surface area (Å²) in [7, 11) is 1.65. The molecule has 1 N–H and O–H groups in total. The summed E-state index contributed by atoms with van der Waals surface area (Å²) >= 11 is 6.51. The van der Waals surface area contributed by atoms with Gasteiger partial charge in [0.2, 0.25) is 5.88 Å². The topological polar surface area (TPSA) is 114 Å². The van der Waals surface area contributed by atoms with Crippen molar-refractivity contribution in [1.82, 2.24) is 20.0 Å². The highest BCUT2D eigenvalue weighted by molar-refractivity contribution is 6.33. The predicted molar refractivity (Wildman–Crippen MR) is 138 cm³/mol. The fourth-order valence-corrected chi connectivity index (χ4v) is 5.39. The fourth-order valence-electron chi connectivity index (χ4n) is 5.19. The van der Waals surface area contributed by atoms with Crippen LogP contribution in [0.5, 0.6) is 5.88 Å². The molecule has 0 radical (unpaired) electrons. The van der Waals surface area contributed by atoms with Crippen LogP contribution in [0.1, 0.15) is 51.1 Å². The van der Waals surface area contributed by atoms with E-state index in [0.717, 1.165) is 43.4 Å². The monoisotopic (exact) mass is 529 g/mol. The van der Waals surface area contributed by atoms with Gasteiger partial charge in [0.1, 0.15) is 6.61 Å². The molecule has 1 atom stereocenters. The van der Waals surface area contributed by atoms with E-state index in [1.54, 1.807) is 25.7 Å². The third kappa shape index (κ3) is 7.15. The van der Waals surface area contributed by atoms with Gasteiger partial charge in [-0.15, -0.1) is 0 Å². The zero-order valence-electron chi connectivity index (χ0n) is 21.6. The molecule has 9 nitrogen and oxygen atoms in total. The van der Waals surface area contributed by atoms with Crippen LogP contribution >= 0.6 is 11.6 Å². The SMILES string of the molecule is COC[C@@H](C)N(O)C1CCC(Cc2cc(-c3cncc(OCC4(C#N)CCOCC4)n3)c(Cl)cn2)CC1. The molecule has 1 aliphatic carbocycles. The van der Waals surface area contributed by atoms with E-state index < -0.39 is 5.41 Å². The lowest BCUT2D eigenvalue weighted by Gasteiger charge is -2.36. The van der Waals surface area contributed by atoms with Crippen LogP contribution in [0.15, 0.2) is 24.7 Å². The average molecular weight is 530 g/mol. The van der Waals surface area contributed by atoms with E-state index in [2.05, 4.69) is 21.0 Å². The number of hydrogen-bond donors (Lipinski definition) is 1. The molecule has 200 valence electrons. The first kappa shape index (κ1) is 27.7. The van der Waals surface area contributed by atoms with Gasteiger partial charge in [-0.3, -0.25) is 9.97 Å². The summed E-state index contributed by atoms with van der Waals surface area (Å²) in [6, 6.07) is 4.53. The Kier molecular flexibility index (Phi) is 9.68. The van der Waals surface area contributed by atoms with Crippen molar-refractivity contribution in [2.45, 2.75) is 64.0 Å². The number of nitrogens with zero attached hydrogens (tertiary/aromatic N) is 5. The highest BCUT2D eigenvalue weighted by Gasteiger charge is 2.34. The molecule has 10 heteroatoms. The molecular weight excluding hydrogens is 494 g/mol. The van der Waals surface area contributed by atoms with Gasteiger partial charge in [-0.25, -0.2) is 4.98 Å². The first-order chi connectivity index (χ1) is 17.9. The second-order valence-corrected chi connectivity index (χ2v) is 10.7. The molecule has 2 aromatic heterocycles. The van der Waals surface area contributed by atoms with E-state index in [0.29, 0.717) is 55.2 Å². The third-order valence-corrected chi connectivity index (χ3v) is 7.83. The number of rotatable bonds is 10. The quantitative estimate of drug-likeness (QED) is 0.436. The van der Waals surface area contributed by atoms with E-state index in [9.17, 15) is 10.5 Å². The summed E-state index contributed by atoms with van der Waals surface area (Å²) in [6.45, 7) is 3.86. The molecule has 1 saturated heterocycles. The number of aromatic nitrogens is 3. The normalized spacial score (nSPS) is 22.4. The summed E-state index contributed by atoms with van der Waals surface area (Å²) in [5.74, 6) is 0.855. The van der Waals surface area contributed by atoms with Crippen LogP contribution in [0.4, 0.5) is 0 Å². The molecule has 0 amide bonds. The number of pyridine rings is 1. The minimum atomic E-state index is -0.564. The maximum atomic E-state index is 10.5. The Balaban J connectivity index is 1.38. The van der Waals surface area contributed by atoms with Crippen LogP contribution in [0.2, 0.25) is 5.02 Å². The molecule has 0 aromatic carbocycles. The molecule has 2 fully saturated rings. The lowest BCUT2D eigenvalue weighted by molar-refractivity contribution is -0.174. The summed E-state index contributed by atoms with van der Waals surface area (Å²) in [4.78, 5) is 13.5. The molecular formula is C27H36ClN5O4. The van der Waals surface area contributed by atoms with E-state index in [-0.39, 0.29) is 18.7 Å². The number of nitriles is 1. The van der Waals surface area contributed by atoms with Crippen LogP contribution in [-0.2, 0) is 15.9 Å². The van der Waals surface area contributed by atoms with Gasteiger partial charge in [0.25, 0.3) is 0 Å². The Hall–Kier alpha value is -2.35. The summed E-state index contributed by atoms with van der Waals surface area (Å²) in [6.07, 6.45) is 10.9.